The number of carbonyl (C=O) groups excluding carboxylic acids is 1. The minimum atomic E-state index is -0.570. The standard InChI is InChI=1S/C28H26ClN5O4/c1-17-25(27(35)33-21-9-4-5-10-22(21)36-2)26(34-28(32-17)30-16-31-34)19-11-12-23(24(14-19)37-3)38-15-18-7-6-8-20(29)13-18/h4-14,16,26H,15H2,1-3H3,(H,33,35)(H,30,31,32). The SMILES string of the molecule is COc1ccccc1NC(=O)C1=C(C)Nc2ncnn2C1c1ccc(OCc2cccc(Cl)c2)c(OC)c1. The van der Waals surface area contributed by atoms with Gasteiger partial charge in [0.15, 0.2) is 11.5 Å². The topological polar surface area (TPSA) is 99.5 Å². The highest BCUT2D eigenvalue weighted by Gasteiger charge is 2.34. The Labute approximate surface area is 225 Å². The molecule has 1 amide bonds. The molecule has 2 N–H and O–H groups in total. The van der Waals surface area contributed by atoms with Crippen molar-refractivity contribution in [2.45, 2.75) is 19.6 Å². The largest absolute Gasteiger partial charge is 0.495 e. The van der Waals surface area contributed by atoms with Crippen LogP contribution < -0.4 is 24.8 Å². The van der Waals surface area contributed by atoms with E-state index in [2.05, 4.69) is 20.7 Å². The van der Waals surface area contributed by atoms with Crippen LogP contribution in [0.2, 0.25) is 5.02 Å². The predicted octanol–water partition coefficient (Wildman–Crippen LogP) is 5.46. The molecule has 1 atom stereocenters. The van der Waals surface area contributed by atoms with E-state index in [9.17, 15) is 4.79 Å². The van der Waals surface area contributed by atoms with Gasteiger partial charge in [-0.3, -0.25) is 4.79 Å². The molecule has 2 heterocycles. The molecule has 1 aliphatic rings. The highest BCUT2D eigenvalue weighted by atomic mass is 35.5. The van der Waals surface area contributed by atoms with Gasteiger partial charge in [0.1, 0.15) is 24.7 Å². The molecule has 10 heteroatoms. The second kappa shape index (κ2) is 10.9. The number of benzene rings is 3. The maximum Gasteiger partial charge on any atom is 0.255 e. The van der Waals surface area contributed by atoms with Crippen molar-refractivity contribution in [3.05, 3.63) is 100 Å². The molecule has 9 nitrogen and oxygen atoms in total. The van der Waals surface area contributed by atoms with Crippen LogP contribution >= 0.6 is 11.6 Å². The summed E-state index contributed by atoms with van der Waals surface area (Å²) in [6.07, 6.45) is 1.45. The first-order chi connectivity index (χ1) is 18.5. The van der Waals surface area contributed by atoms with E-state index >= 15 is 0 Å². The zero-order valence-electron chi connectivity index (χ0n) is 21.1. The lowest BCUT2D eigenvalue weighted by atomic mass is 9.94. The lowest BCUT2D eigenvalue weighted by Gasteiger charge is -2.29. The van der Waals surface area contributed by atoms with E-state index in [1.807, 2.05) is 61.5 Å². The molecule has 0 bridgehead atoms. The van der Waals surface area contributed by atoms with Crippen LogP contribution in [0.1, 0.15) is 24.1 Å². The minimum Gasteiger partial charge on any atom is -0.495 e. The van der Waals surface area contributed by atoms with E-state index in [1.165, 1.54) is 6.33 Å². The number of hydrogen-bond donors (Lipinski definition) is 2. The van der Waals surface area contributed by atoms with Gasteiger partial charge in [0, 0.05) is 10.7 Å². The predicted molar refractivity (Wildman–Crippen MR) is 145 cm³/mol. The minimum absolute atomic E-state index is 0.300. The Hall–Kier alpha value is -4.50. The summed E-state index contributed by atoms with van der Waals surface area (Å²) >= 11 is 6.10. The number of amides is 1. The van der Waals surface area contributed by atoms with Crippen molar-refractivity contribution in [3.63, 3.8) is 0 Å². The van der Waals surface area contributed by atoms with Gasteiger partial charge in [-0.05, 0) is 54.4 Å². The van der Waals surface area contributed by atoms with Crippen molar-refractivity contribution >= 4 is 29.1 Å². The Bertz CT molecular complexity index is 1520. The number of rotatable bonds is 8. The Morgan fingerprint density at radius 2 is 1.84 bits per heavy atom. The number of halogens is 1. The van der Waals surface area contributed by atoms with Crippen molar-refractivity contribution in [1.82, 2.24) is 14.8 Å². The van der Waals surface area contributed by atoms with Crippen molar-refractivity contribution < 1.29 is 19.0 Å². The van der Waals surface area contributed by atoms with Crippen LogP contribution in [0.3, 0.4) is 0 Å². The van der Waals surface area contributed by atoms with Gasteiger partial charge in [0.2, 0.25) is 5.95 Å². The summed E-state index contributed by atoms with van der Waals surface area (Å²) in [7, 11) is 3.13. The molecule has 4 aromatic rings. The number of hydrogen-bond acceptors (Lipinski definition) is 7. The molecule has 1 aromatic heterocycles. The molecule has 0 saturated heterocycles. The number of allylic oxidation sites excluding steroid dienone is 1. The van der Waals surface area contributed by atoms with E-state index in [0.717, 1.165) is 11.1 Å². The van der Waals surface area contributed by atoms with Gasteiger partial charge in [-0.1, -0.05) is 41.9 Å². The lowest BCUT2D eigenvalue weighted by Crippen LogP contribution is -2.31. The monoisotopic (exact) mass is 531 g/mol. The third-order valence-corrected chi connectivity index (χ3v) is 6.42. The van der Waals surface area contributed by atoms with Gasteiger partial charge >= 0.3 is 0 Å². The van der Waals surface area contributed by atoms with E-state index in [4.69, 9.17) is 25.8 Å². The Morgan fingerprint density at radius 1 is 1.03 bits per heavy atom. The van der Waals surface area contributed by atoms with Gasteiger partial charge in [0.25, 0.3) is 5.91 Å². The Morgan fingerprint density at radius 3 is 2.63 bits per heavy atom. The van der Waals surface area contributed by atoms with E-state index in [1.54, 1.807) is 31.0 Å². The van der Waals surface area contributed by atoms with Gasteiger partial charge in [-0.15, -0.1) is 0 Å². The number of carbonyl (C=O) groups is 1. The summed E-state index contributed by atoms with van der Waals surface area (Å²) < 4.78 is 18.8. The molecule has 5 rings (SSSR count). The van der Waals surface area contributed by atoms with Crippen molar-refractivity contribution in [2.24, 2.45) is 0 Å². The number of para-hydroxylation sites is 2. The van der Waals surface area contributed by atoms with E-state index in [-0.39, 0.29) is 5.91 Å². The second-order valence-electron chi connectivity index (χ2n) is 8.58. The third-order valence-electron chi connectivity index (χ3n) is 6.18. The number of nitrogens with zero attached hydrogens (tertiary/aromatic N) is 3. The van der Waals surface area contributed by atoms with Crippen molar-refractivity contribution in [2.75, 3.05) is 24.9 Å². The van der Waals surface area contributed by atoms with Gasteiger partial charge in [0.05, 0.1) is 25.5 Å². The summed E-state index contributed by atoms with van der Waals surface area (Å²) in [5.74, 6) is 1.87. The smallest absolute Gasteiger partial charge is 0.255 e. The van der Waals surface area contributed by atoms with Crippen LogP contribution in [-0.2, 0) is 11.4 Å². The zero-order valence-corrected chi connectivity index (χ0v) is 21.8. The molecule has 0 fully saturated rings. The van der Waals surface area contributed by atoms with Crippen LogP contribution in [0.25, 0.3) is 0 Å². The van der Waals surface area contributed by atoms with Gasteiger partial charge in [-0.25, -0.2) is 4.68 Å². The molecule has 0 radical (unpaired) electrons. The van der Waals surface area contributed by atoms with E-state index in [0.29, 0.717) is 51.8 Å². The zero-order chi connectivity index (χ0) is 26.6. The summed E-state index contributed by atoms with van der Waals surface area (Å²) in [5.41, 5.74) is 3.40. The molecule has 0 spiro atoms. The summed E-state index contributed by atoms with van der Waals surface area (Å²) in [6, 6.07) is 19.7. The average Bonchev–Trinajstić information content (AvgIpc) is 3.39. The number of anilines is 2. The molecule has 3 aromatic carbocycles. The highest BCUT2D eigenvalue weighted by molar-refractivity contribution is 6.30. The van der Waals surface area contributed by atoms with Crippen LogP contribution in [0.15, 0.2) is 84.3 Å². The highest BCUT2D eigenvalue weighted by Crippen LogP contribution is 2.39. The van der Waals surface area contributed by atoms with Crippen LogP contribution in [0, 0.1) is 0 Å². The number of ether oxygens (including phenoxy) is 3. The molecule has 1 unspecified atom stereocenters. The summed E-state index contributed by atoms with van der Waals surface area (Å²) in [6.45, 7) is 2.16. The lowest BCUT2D eigenvalue weighted by molar-refractivity contribution is -0.113. The summed E-state index contributed by atoms with van der Waals surface area (Å²) in [5, 5.41) is 11.2. The molecular formula is C28H26ClN5O4. The van der Waals surface area contributed by atoms with Gasteiger partial charge in [-0.2, -0.15) is 10.1 Å². The fourth-order valence-electron chi connectivity index (χ4n) is 4.39. The molecule has 0 aliphatic carbocycles. The van der Waals surface area contributed by atoms with Crippen molar-refractivity contribution in [1.29, 1.82) is 0 Å². The first kappa shape index (κ1) is 25.2. The maximum atomic E-state index is 13.7. The van der Waals surface area contributed by atoms with Gasteiger partial charge < -0.3 is 24.8 Å². The Balaban J connectivity index is 1.48. The van der Waals surface area contributed by atoms with Crippen LogP contribution in [-0.4, -0.2) is 34.9 Å². The number of fused-ring (bicyclic) bond motifs is 1. The number of nitrogens with one attached hydrogen (secondary N) is 2. The average molecular weight is 532 g/mol. The molecule has 194 valence electrons. The number of aromatic nitrogens is 3. The molecular weight excluding hydrogens is 506 g/mol. The molecule has 0 saturated carbocycles. The summed E-state index contributed by atoms with van der Waals surface area (Å²) in [4.78, 5) is 18.0. The first-order valence-corrected chi connectivity index (χ1v) is 12.2. The van der Waals surface area contributed by atoms with Crippen LogP contribution in [0.5, 0.6) is 17.2 Å². The van der Waals surface area contributed by atoms with Crippen molar-refractivity contribution in [3.8, 4) is 17.2 Å². The molecule has 38 heavy (non-hydrogen) atoms. The maximum absolute atomic E-state index is 13.7. The Kier molecular flexibility index (Phi) is 7.19. The first-order valence-electron chi connectivity index (χ1n) is 11.9. The quantitative estimate of drug-likeness (QED) is 0.311. The third kappa shape index (κ3) is 5.01. The second-order valence-corrected chi connectivity index (χ2v) is 9.01. The van der Waals surface area contributed by atoms with E-state index < -0.39 is 6.04 Å². The fraction of sp³-hybridized carbons (Fsp3) is 0.179. The van der Waals surface area contributed by atoms with Crippen LogP contribution in [0.4, 0.5) is 11.6 Å². The molecule has 1 aliphatic heterocycles. The number of methoxy groups -OCH3 is 2. The normalized spacial score (nSPS) is 14.4. The fourth-order valence-corrected chi connectivity index (χ4v) is 4.61.